The topological polar surface area (TPSA) is 47.6 Å². The molecule has 0 aliphatic carbocycles. The summed E-state index contributed by atoms with van der Waals surface area (Å²) in [7, 11) is 1.58. The highest BCUT2D eigenvalue weighted by Crippen LogP contribution is 2.20. The molecule has 2 rings (SSSR count). The molecule has 0 unspecified atom stereocenters. The van der Waals surface area contributed by atoms with Gasteiger partial charge in [-0.15, -0.1) is 0 Å². The van der Waals surface area contributed by atoms with E-state index in [-0.39, 0.29) is 5.91 Å². The Kier molecular flexibility index (Phi) is 5.67. The lowest BCUT2D eigenvalue weighted by molar-refractivity contribution is -0.122. The summed E-state index contributed by atoms with van der Waals surface area (Å²) >= 11 is 5.83. The molecule has 4 nitrogen and oxygen atoms in total. The summed E-state index contributed by atoms with van der Waals surface area (Å²) in [4.78, 5) is 12.3. The van der Waals surface area contributed by atoms with E-state index < -0.39 is 6.10 Å². The highest BCUT2D eigenvalue weighted by molar-refractivity contribution is 6.30. The zero-order chi connectivity index (χ0) is 15.9. The van der Waals surface area contributed by atoms with Gasteiger partial charge in [-0.3, -0.25) is 4.79 Å². The number of ether oxygens (including phenoxy) is 2. The summed E-state index contributed by atoms with van der Waals surface area (Å²) < 4.78 is 10.8. The second-order valence-electron chi connectivity index (χ2n) is 4.69. The van der Waals surface area contributed by atoms with Crippen LogP contribution in [-0.4, -0.2) is 19.1 Å². The largest absolute Gasteiger partial charge is 0.497 e. The first kappa shape index (κ1) is 16.2. The molecule has 0 bridgehead atoms. The number of nitrogens with one attached hydrogen (secondary N) is 1. The summed E-state index contributed by atoms with van der Waals surface area (Å²) in [5.41, 5.74) is 0.669. The Balaban J connectivity index is 2.03. The van der Waals surface area contributed by atoms with Gasteiger partial charge in [0.2, 0.25) is 0 Å². The van der Waals surface area contributed by atoms with Crippen LogP contribution in [0.15, 0.2) is 48.5 Å². The zero-order valence-corrected chi connectivity index (χ0v) is 13.3. The van der Waals surface area contributed by atoms with Crippen molar-refractivity contribution in [3.8, 4) is 11.5 Å². The van der Waals surface area contributed by atoms with Crippen molar-refractivity contribution in [1.82, 2.24) is 0 Å². The van der Waals surface area contributed by atoms with E-state index in [0.717, 1.165) is 0 Å². The number of hydrogen-bond donors (Lipinski definition) is 1. The van der Waals surface area contributed by atoms with Crippen molar-refractivity contribution in [3.63, 3.8) is 0 Å². The van der Waals surface area contributed by atoms with Gasteiger partial charge >= 0.3 is 0 Å². The average molecular weight is 320 g/mol. The van der Waals surface area contributed by atoms with Gasteiger partial charge in [-0.1, -0.05) is 24.6 Å². The predicted molar refractivity (Wildman–Crippen MR) is 87.8 cm³/mol. The Labute approximate surface area is 135 Å². The van der Waals surface area contributed by atoms with E-state index in [0.29, 0.717) is 28.6 Å². The molecule has 1 amide bonds. The van der Waals surface area contributed by atoms with Gasteiger partial charge < -0.3 is 14.8 Å². The molecular formula is C17H18ClNO3. The molecule has 0 saturated carbocycles. The molecule has 5 heteroatoms. The van der Waals surface area contributed by atoms with Crippen LogP contribution in [0.2, 0.25) is 5.02 Å². The van der Waals surface area contributed by atoms with Crippen LogP contribution in [0.3, 0.4) is 0 Å². The van der Waals surface area contributed by atoms with Crippen LogP contribution in [0.4, 0.5) is 5.69 Å². The molecule has 0 saturated heterocycles. The van der Waals surface area contributed by atoms with Crippen molar-refractivity contribution >= 4 is 23.2 Å². The van der Waals surface area contributed by atoms with Gasteiger partial charge in [0, 0.05) is 16.8 Å². The molecule has 116 valence electrons. The van der Waals surface area contributed by atoms with E-state index in [4.69, 9.17) is 21.1 Å². The maximum Gasteiger partial charge on any atom is 0.265 e. The van der Waals surface area contributed by atoms with Crippen molar-refractivity contribution < 1.29 is 14.3 Å². The minimum absolute atomic E-state index is 0.203. The fourth-order valence-corrected chi connectivity index (χ4v) is 2.05. The van der Waals surface area contributed by atoms with E-state index >= 15 is 0 Å². The maximum atomic E-state index is 12.3. The lowest BCUT2D eigenvalue weighted by Gasteiger charge is -2.17. The van der Waals surface area contributed by atoms with Crippen LogP contribution >= 0.6 is 11.6 Å². The number of hydrogen-bond acceptors (Lipinski definition) is 3. The smallest absolute Gasteiger partial charge is 0.265 e. The van der Waals surface area contributed by atoms with E-state index in [1.54, 1.807) is 43.5 Å². The van der Waals surface area contributed by atoms with Crippen LogP contribution in [0.5, 0.6) is 11.5 Å². The molecule has 0 heterocycles. The molecule has 0 radical (unpaired) electrons. The van der Waals surface area contributed by atoms with Crippen LogP contribution < -0.4 is 14.8 Å². The Bertz CT molecular complexity index is 628. The van der Waals surface area contributed by atoms with Crippen LogP contribution in [-0.2, 0) is 4.79 Å². The summed E-state index contributed by atoms with van der Waals surface area (Å²) in [5, 5.41) is 3.46. The van der Waals surface area contributed by atoms with E-state index in [1.807, 2.05) is 19.1 Å². The Hall–Kier alpha value is -2.20. The fraction of sp³-hybridized carbons (Fsp3) is 0.235. The van der Waals surface area contributed by atoms with E-state index in [9.17, 15) is 4.79 Å². The van der Waals surface area contributed by atoms with Gasteiger partial charge in [0.1, 0.15) is 11.5 Å². The number of halogens is 1. The molecule has 2 aromatic carbocycles. The lowest BCUT2D eigenvalue weighted by atomic mass is 10.2. The summed E-state index contributed by atoms with van der Waals surface area (Å²) in [5.74, 6) is 1.09. The second-order valence-corrected chi connectivity index (χ2v) is 5.13. The van der Waals surface area contributed by atoms with Gasteiger partial charge in [0.25, 0.3) is 5.91 Å². The number of methoxy groups -OCH3 is 1. The molecule has 1 atom stereocenters. The Morgan fingerprint density at radius 3 is 2.55 bits per heavy atom. The van der Waals surface area contributed by atoms with Crippen molar-refractivity contribution in [3.05, 3.63) is 53.6 Å². The first-order chi connectivity index (χ1) is 10.6. The van der Waals surface area contributed by atoms with Crippen molar-refractivity contribution in [2.45, 2.75) is 19.4 Å². The SMILES string of the molecule is CC[C@@H](Oc1ccc(Cl)cc1)C(=O)Nc1cccc(OC)c1. The predicted octanol–water partition coefficient (Wildman–Crippen LogP) is 4.14. The Morgan fingerprint density at radius 2 is 1.91 bits per heavy atom. The molecule has 0 spiro atoms. The number of carbonyl (C=O) groups excluding carboxylic acids is 1. The molecule has 0 fully saturated rings. The molecular weight excluding hydrogens is 302 g/mol. The van der Waals surface area contributed by atoms with E-state index in [1.165, 1.54) is 0 Å². The monoisotopic (exact) mass is 319 g/mol. The van der Waals surface area contributed by atoms with Crippen molar-refractivity contribution in [1.29, 1.82) is 0 Å². The van der Waals surface area contributed by atoms with Gasteiger partial charge in [-0.05, 0) is 42.8 Å². The molecule has 0 aliphatic heterocycles. The quantitative estimate of drug-likeness (QED) is 0.870. The summed E-state index contributed by atoms with van der Waals surface area (Å²) in [6, 6.07) is 14.1. The zero-order valence-electron chi connectivity index (χ0n) is 12.5. The fourth-order valence-electron chi connectivity index (χ4n) is 1.92. The normalized spacial score (nSPS) is 11.6. The maximum absolute atomic E-state index is 12.3. The van der Waals surface area contributed by atoms with Crippen molar-refractivity contribution in [2.75, 3.05) is 12.4 Å². The van der Waals surface area contributed by atoms with Gasteiger partial charge in [-0.2, -0.15) is 0 Å². The third kappa shape index (κ3) is 4.40. The number of carbonyl (C=O) groups is 1. The number of rotatable bonds is 6. The lowest BCUT2D eigenvalue weighted by Crippen LogP contribution is -2.32. The number of benzene rings is 2. The standard InChI is InChI=1S/C17H18ClNO3/c1-3-16(22-14-9-7-12(18)8-10-14)17(20)19-13-5-4-6-15(11-13)21-2/h4-11,16H,3H2,1-2H3,(H,19,20)/t16-/m1/s1. The molecule has 22 heavy (non-hydrogen) atoms. The van der Waals surface area contributed by atoms with Crippen molar-refractivity contribution in [2.24, 2.45) is 0 Å². The van der Waals surface area contributed by atoms with Gasteiger partial charge in [0.15, 0.2) is 6.10 Å². The van der Waals surface area contributed by atoms with Crippen LogP contribution in [0, 0.1) is 0 Å². The van der Waals surface area contributed by atoms with Gasteiger partial charge in [0.05, 0.1) is 7.11 Å². The molecule has 1 N–H and O–H groups in total. The first-order valence-corrected chi connectivity index (χ1v) is 7.37. The van der Waals surface area contributed by atoms with Gasteiger partial charge in [-0.25, -0.2) is 0 Å². The third-order valence-corrected chi connectivity index (χ3v) is 3.34. The number of amides is 1. The second kappa shape index (κ2) is 7.71. The summed E-state index contributed by atoms with van der Waals surface area (Å²) in [6.07, 6.45) is -0.0225. The van der Waals surface area contributed by atoms with Crippen LogP contribution in [0.25, 0.3) is 0 Å². The van der Waals surface area contributed by atoms with E-state index in [2.05, 4.69) is 5.32 Å². The molecule has 0 aromatic heterocycles. The Morgan fingerprint density at radius 1 is 1.18 bits per heavy atom. The summed E-state index contributed by atoms with van der Waals surface area (Å²) in [6.45, 7) is 1.89. The third-order valence-electron chi connectivity index (χ3n) is 3.09. The minimum atomic E-state index is -0.577. The highest BCUT2D eigenvalue weighted by atomic mass is 35.5. The highest BCUT2D eigenvalue weighted by Gasteiger charge is 2.18. The molecule has 2 aromatic rings. The molecule has 0 aliphatic rings. The first-order valence-electron chi connectivity index (χ1n) is 6.99. The average Bonchev–Trinajstić information content (AvgIpc) is 2.54. The van der Waals surface area contributed by atoms with Crippen LogP contribution in [0.1, 0.15) is 13.3 Å². The number of anilines is 1. The minimum Gasteiger partial charge on any atom is -0.497 e.